The quantitative estimate of drug-likeness (QED) is 0.292. The summed E-state index contributed by atoms with van der Waals surface area (Å²) >= 11 is 0. The van der Waals surface area contributed by atoms with Crippen molar-refractivity contribution in [3.8, 4) is 17.2 Å². The zero-order valence-electron chi connectivity index (χ0n) is 23.0. The van der Waals surface area contributed by atoms with Gasteiger partial charge in [0.2, 0.25) is 0 Å². The van der Waals surface area contributed by atoms with Crippen molar-refractivity contribution in [2.75, 3.05) is 10.2 Å². The van der Waals surface area contributed by atoms with Gasteiger partial charge in [0, 0.05) is 24.7 Å². The molecule has 42 heavy (non-hydrogen) atoms. The molecule has 1 aliphatic heterocycles. The van der Waals surface area contributed by atoms with Crippen molar-refractivity contribution in [1.82, 2.24) is 34.3 Å². The number of hydrogen-bond acceptors (Lipinski definition) is 7. The highest BCUT2D eigenvalue weighted by atomic mass is 19.1. The Morgan fingerprint density at radius 3 is 2.67 bits per heavy atom. The first-order valence-electron chi connectivity index (χ1n) is 13.8. The van der Waals surface area contributed by atoms with E-state index in [4.69, 9.17) is 0 Å². The Labute approximate surface area is 240 Å². The van der Waals surface area contributed by atoms with Crippen LogP contribution in [0.3, 0.4) is 0 Å². The predicted molar refractivity (Wildman–Crippen MR) is 151 cm³/mol. The smallest absolute Gasteiger partial charge is 0.259 e. The molecule has 1 saturated carbocycles. The summed E-state index contributed by atoms with van der Waals surface area (Å²) in [7, 11) is 0. The molecule has 1 aliphatic carbocycles. The first-order chi connectivity index (χ1) is 20.4. The fourth-order valence-electron chi connectivity index (χ4n) is 5.40. The van der Waals surface area contributed by atoms with Gasteiger partial charge in [0.1, 0.15) is 23.7 Å². The molecule has 10 nitrogen and oxygen atoms in total. The number of pyridine rings is 2. The molecule has 2 aliphatic rings. The SMILES string of the molecule is CC(C)n1cnnc1-c1cccc(NC(=O)c2cc3c(cc2F)CN(c2ncccc2F)Cc2c(C4CC4)ncn2-3)n1. The van der Waals surface area contributed by atoms with E-state index in [1.165, 1.54) is 30.5 Å². The number of carbonyl (C=O) groups excluding carboxylic acids is 1. The summed E-state index contributed by atoms with van der Waals surface area (Å²) in [6.45, 7) is 4.55. The third-order valence-corrected chi connectivity index (χ3v) is 7.62. The lowest BCUT2D eigenvalue weighted by Gasteiger charge is -2.22. The van der Waals surface area contributed by atoms with Crippen LogP contribution in [0.2, 0.25) is 0 Å². The summed E-state index contributed by atoms with van der Waals surface area (Å²) < 4.78 is 34.2. The van der Waals surface area contributed by atoms with Gasteiger partial charge in [0.05, 0.1) is 35.5 Å². The van der Waals surface area contributed by atoms with Crippen LogP contribution in [-0.4, -0.2) is 40.2 Å². The number of fused-ring (bicyclic) bond motifs is 3. The zero-order valence-corrected chi connectivity index (χ0v) is 23.0. The second-order valence-corrected chi connectivity index (χ2v) is 10.9. The third kappa shape index (κ3) is 4.58. The number of aromatic nitrogens is 7. The van der Waals surface area contributed by atoms with Crippen molar-refractivity contribution in [2.45, 2.75) is 51.7 Å². The van der Waals surface area contributed by atoms with Crippen LogP contribution in [0.5, 0.6) is 0 Å². The molecule has 1 amide bonds. The first-order valence-corrected chi connectivity index (χ1v) is 13.8. The highest BCUT2D eigenvalue weighted by Gasteiger charge is 2.33. The largest absolute Gasteiger partial charge is 0.344 e. The highest BCUT2D eigenvalue weighted by Crippen LogP contribution is 2.43. The van der Waals surface area contributed by atoms with E-state index in [0.29, 0.717) is 35.2 Å². The number of carbonyl (C=O) groups is 1. The molecule has 0 bridgehead atoms. The number of nitrogens with zero attached hydrogens (tertiary/aromatic N) is 8. The lowest BCUT2D eigenvalue weighted by atomic mass is 10.1. The van der Waals surface area contributed by atoms with Crippen LogP contribution in [0.4, 0.5) is 20.4 Å². The molecular formula is C30H27F2N9O. The summed E-state index contributed by atoms with van der Waals surface area (Å²) in [4.78, 5) is 28.7. The number of rotatable bonds is 6. The number of hydrogen-bond donors (Lipinski definition) is 1. The first kappa shape index (κ1) is 25.9. The number of anilines is 2. The fourth-order valence-corrected chi connectivity index (χ4v) is 5.40. The van der Waals surface area contributed by atoms with E-state index in [2.05, 4.69) is 30.5 Å². The summed E-state index contributed by atoms with van der Waals surface area (Å²) in [6.07, 6.45) is 6.93. The average Bonchev–Trinajstić information content (AvgIpc) is 3.58. The Morgan fingerprint density at radius 2 is 1.88 bits per heavy atom. The van der Waals surface area contributed by atoms with Crippen LogP contribution in [0, 0.1) is 11.6 Å². The van der Waals surface area contributed by atoms with Crippen LogP contribution in [0.1, 0.15) is 66.0 Å². The van der Waals surface area contributed by atoms with E-state index in [1.807, 2.05) is 23.0 Å². The molecule has 0 spiro atoms. The normalized spacial score (nSPS) is 14.5. The van der Waals surface area contributed by atoms with Crippen LogP contribution < -0.4 is 10.2 Å². The Hall–Kier alpha value is -5.00. The van der Waals surface area contributed by atoms with E-state index in [-0.39, 0.29) is 29.8 Å². The van der Waals surface area contributed by atoms with E-state index in [1.54, 1.807) is 35.8 Å². The fraction of sp³-hybridized carbons (Fsp3) is 0.267. The Kier molecular flexibility index (Phi) is 6.25. The van der Waals surface area contributed by atoms with Gasteiger partial charge in [-0.3, -0.25) is 4.79 Å². The minimum Gasteiger partial charge on any atom is -0.344 e. The summed E-state index contributed by atoms with van der Waals surface area (Å²) in [5.74, 6) is -0.479. The number of imidazole rings is 1. The van der Waals surface area contributed by atoms with Gasteiger partial charge in [-0.1, -0.05) is 6.07 Å². The van der Waals surface area contributed by atoms with Gasteiger partial charge in [-0.15, -0.1) is 10.2 Å². The lowest BCUT2D eigenvalue weighted by Crippen LogP contribution is -2.24. The van der Waals surface area contributed by atoms with Gasteiger partial charge >= 0.3 is 0 Å². The zero-order chi connectivity index (χ0) is 29.0. The lowest BCUT2D eigenvalue weighted by molar-refractivity contribution is 0.102. The van der Waals surface area contributed by atoms with Crippen molar-refractivity contribution in [3.63, 3.8) is 0 Å². The van der Waals surface area contributed by atoms with Gasteiger partial charge in [-0.25, -0.2) is 23.7 Å². The van der Waals surface area contributed by atoms with E-state index in [9.17, 15) is 9.18 Å². The van der Waals surface area contributed by atoms with Crippen molar-refractivity contribution in [3.05, 3.63) is 95.5 Å². The van der Waals surface area contributed by atoms with Crippen LogP contribution in [0.25, 0.3) is 17.2 Å². The van der Waals surface area contributed by atoms with Crippen LogP contribution >= 0.6 is 0 Å². The van der Waals surface area contributed by atoms with Gasteiger partial charge in [-0.05, 0) is 68.7 Å². The van der Waals surface area contributed by atoms with E-state index >= 15 is 4.39 Å². The molecule has 1 N–H and O–H groups in total. The second kappa shape index (κ2) is 10.1. The second-order valence-electron chi connectivity index (χ2n) is 10.9. The molecule has 212 valence electrons. The molecular weight excluding hydrogens is 540 g/mol. The van der Waals surface area contributed by atoms with Crippen molar-refractivity contribution >= 4 is 17.5 Å². The molecule has 0 saturated heterocycles. The van der Waals surface area contributed by atoms with Crippen LogP contribution in [-0.2, 0) is 13.1 Å². The molecule has 12 heteroatoms. The molecule has 5 aromatic rings. The maximum absolute atomic E-state index is 15.6. The molecule has 1 fully saturated rings. The topological polar surface area (TPSA) is 107 Å². The number of halogens is 2. The van der Waals surface area contributed by atoms with Crippen molar-refractivity contribution in [2.24, 2.45) is 0 Å². The molecule has 4 aromatic heterocycles. The van der Waals surface area contributed by atoms with Crippen molar-refractivity contribution < 1.29 is 13.6 Å². The Bertz CT molecular complexity index is 1830. The average molecular weight is 568 g/mol. The molecule has 7 rings (SSSR count). The van der Waals surface area contributed by atoms with Crippen LogP contribution in [0.15, 0.2) is 61.3 Å². The highest BCUT2D eigenvalue weighted by molar-refractivity contribution is 6.04. The van der Waals surface area contributed by atoms with Gasteiger partial charge in [-0.2, -0.15) is 0 Å². The third-order valence-electron chi connectivity index (χ3n) is 7.62. The van der Waals surface area contributed by atoms with Gasteiger partial charge in [0.25, 0.3) is 5.91 Å². The maximum Gasteiger partial charge on any atom is 0.259 e. The maximum atomic E-state index is 15.6. The molecule has 0 atom stereocenters. The Balaban J connectivity index is 1.25. The van der Waals surface area contributed by atoms with Gasteiger partial charge < -0.3 is 19.4 Å². The van der Waals surface area contributed by atoms with E-state index in [0.717, 1.165) is 24.2 Å². The van der Waals surface area contributed by atoms with Gasteiger partial charge in [0.15, 0.2) is 17.5 Å². The standard InChI is InChI=1S/C30H27F2N9O/c1-17(2)40-16-35-38-29(40)23-6-3-7-26(36-23)37-30(42)20-12-24-19(11-22(20)32)13-39(28-21(31)5-4-10-33-28)14-25-27(18-8-9-18)34-15-41(24)25/h3-7,10-12,15-18H,8-9,13-14H2,1-2H3,(H,36,37,42). The monoisotopic (exact) mass is 567 g/mol. The summed E-state index contributed by atoms with van der Waals surface area (Å²) in [6, 6.07) is 11.0. The molecule has 5 heterocycles. The minimum absolute atomic E-state index is 0.113. The Morgan fingerprint density at radius 1 is 1.02 bits per heavy atom. The van der Waals surface area contributed by atoms with Crippen molar-refractivity contribution in [1.29, 1.82) is 0 Å². The van der Waals surface area contributed by atoms with E-state index < -0.39 is 17.5 Å². The number of nitrogens with one attached hydrogen (secondary N) is 1. The summed E-state index contributed by atoms with van der Waals surface area (Å²) in [5, 5.41) is 10.9. The molecule has 1 aromatic carbocycles. The predicted octanol–water partition coefficient (Wildman–Crippen LogP) is 5.43. The summed E-state index contributed by atoms with van der Waals surface area (Å²) in [5.41, 5.74) is 3.40. The number of benzene rings is 1. The molecule has 0 unspecified atom stereocenters. The number of amides is 1. The molecule has 0 radical (unpaired) electrons. The minimum atomic E-state index is -0.700.